The van der Waals surface area contributed by atoms with Crippen LogP contribution in [0.3, 0.4) is 0 Å². The molecule has 1 amide bonds. The molecule has 0 spiro atoms. The Morgan fingerprint density at radius 2 is 2.05 bits per heavy atom. The highest BCUT2D eigenvalue weighted by atomic mass is 32.1. The van der Waals surface area contributed by atoms with Gasteiger partial charge in [0.1, 0.15) is 11.6 Å². The van der Waals surface area contributed by atoms with Crippen LogP contribution in [0.15, 0.2) is 5.38 Å². The van der Waals surface area contributed by atoms with Crippen molar-refractivity contribution < 1.29 is 9.53 Å². The van der Waals surface area contributed by atoms with Crippen LogP contribution in [0.1, 0.15) is 68.1 Å². The SMILES string of the molecule is Cc1csc([C@H]2CCCCN2C(=O)COC2CCCCC2)n1. The van der Waals surface area contributed by atoms with Crippen LogP contribution in [-0.4, -0.2) is 35.0 Å². The van der Waals surface area contributed by atoms with E-state index in [1.54, 1.807) is 11.3 Å². The van der Waals surface area contributed by atoms with Gasteiger partial charge in [-0.15, -0.1) is 11.3 Å². The summed E-state index contributed by atoms with van der Waals surface area (Å²) in [6, 6.07) is 0.162. The molecule has 0 bridgehead atoms. The van der Waals surface area contributed by atoms with E-state index in [9.17, 15) is 4.79 Å². The van der Waals surface area contributed by atoms with Gasteiger partial charge in [-0.3, -0.25) is 4.79 Å². The maximum atomic E-state index is 12.6. The van der Waals surface area contributed by atoms with Gasteiger partial charge in [0.15, 0.2) is 0 Å². The van der Waals surface area contributed by atoms with Gasteiger partial charge >= 0.3 is 0 Å². The zero-order valence-corrected chi connectivity index (χ0v) is 14.2. The average molecular weight is 322 g/mol. The van der Waals surface area contributed by atoms with Crippen molar-refractivity contribution in [3.8, 4) is 0 Å². The van der Waals surface area contributed by atoms with Gasteiger partial charge in [0, 0.05) is 17.6 Å². The molecule has 2 fully saturated rings. The first-order valence-electron chi connectivity index (χ1n) is 8.57. The predicted molar refractivity (Wildman–Crippen MR) is 88.0 cm³/mol. The van der Waals surface area contributed by atoms with Gasteiger partial charge in [-0.1, -0.05) is 19.3 Å². The molecule has 22 heavy (non-hydrogen) atoms. The third-order valence-corrected chi connectivity index (χ3v) is 5.80. The summed E-state index contributed by atoms with van der Waals surface area (Å²) in [7, 11) is 0. The average Bonchev–Trinajstić information content (AvgIpc) is 3.00. The van der Waals surface area contributed by atoms with Gasteiger partial charge in [0.05, 0.1) is 12.1 Å². The number of rotatable bonds is 4. The van der Waals surface area contributed by atoms with Gasteiger partial charge in [-0.25, -0.2) is 4.98 Å². The normalized spacial score (nSPS) is 23.7. The lowest BCUT2D eigenvalue weighted by molar-refractivity contribution is -0.142. The topological polar surface area (TPSA) is 42.4 Å². The van der Waals surface area contributed by atoms with Crippen LogP contribution in [-0.2, 0) is 9.53 Å². The van der Waals surface area contributed by atoms with E-state index < -0.39 is 0 Å². The monoisotopic (exact) mass is 322 g/mol. The molecule has 3 rings (SSSR count). The van der Waals surface area contributed by atoms with Crippen molar-refractivity contribution in [1.29, 1.82) is 0 Å². The highest BCUT2D eigenvalue weighted by molar-refractivity contribution is 7.09. The number of carbonyl (C=O) groups is 1. The first-order chi connectivity index (χ1) is 10.7. The maximum Gasteiger partial charge on any atom is 0.249 e. The molecule has 0 unspecified atom stereocenters. The largest absolute Gasteiger partial charge is 0.368 e. The number of amides is 1. The van der Waals surface area contributed by atoms with Gasteiger partial charge in [-0.05, 0) is 39.0 Å². The number of ether oxygens (including phenoxy) is 1. The molecule has 0 N–H and O–H groups in total. The third kappa shape index (κ3) is 3.87. The molecule has 1 saturated carbocycles. The van der Waals surface area contributed by atoms with E-state index in [1.165, 1.54) is 25.7 Å². The molecule has 4 nitrogen and oxygen atoms in total. The van der Waals surface area contributed by atoms with Crippen molar-refractivity contribution in [2.45, 2.75) is 70.4 Å². The Morgan fingerprint density at radius 1 is 1.27 bits per heavy atom. The van der Waals surface area contributed by atoms with E-state index in [0.717, 1.165) is 42.9 Å². The van der Waals surface area contributed by atoms with E-state index in [4.69, 9.17) is 4.74 Å². The quantitative estimate of drug-likeness (QED) is 0.845. The number of likely N-dealkylation sites (tertiary alicyclic amines) is 1. The van der Waals surface area contributed by atoms with E-state index in [1.807, 2.05) is 11.8 Å². The molecule has 0 aromatic carbocycles. The minimum Gasteiger partial charge on any atom is -0.368 e. The molecular weight excluding hydrogens is 296 g/mol. The summed E-state index contributed by atoms with van der Waals surface area (Å²) < 4.78 is 5.88. The number of aromatic nitrogens is 1. The molecule has 1 atom stereocenters. The lowest BCUT2D eigenvalue weighted by Gasteiger charge is -2.35. The minimum absolute atomic E-state index is 0.142. The van der Waals surface area contributed by atoms with Gasteiger partial charge in [-0.2, -0.15) is 0 Å². The molecule has 122 valence electrons. The van der Waals surface area contributed by atoms with Crippen LogP contribution in [0.4, 0.5) is 0 Å². The fourth-order valence-corrected chi connectivity index (χ4v) is 4.46. The number of nitrogens with zero attached hydrogens (tertiary/aromatic N) is 2. The summed E-state index contributed by atoms with van der Waals surface area (Å²) in [6.45, 7) is 3.10. The van der Waals surface area contributed by atoms with Gasteiger partial charge in [0.2, 0.25) is 5.91 Å². The Bertz CT molecular complexity index is 497. The predicted octanol–water partition coefficient (Wildman–Crippen LogP) is 3.85. The van der Waals surface area contributed by atoms with Gasteiger partial charge < -0.3 is 9.64 Å². The molecule has 1 aliphatic heterocycles. The lowest BCUT2D eigenvalue weighted by Crippen LogP contribution is -2.41. The number of carbonyl (C=O) groups excluding carboxylic acids is 1. The zero-order chi connectivity index (χ0) is 15.4. The molecular formula is C17H26N2O2S. The van der Waals surface area contributed by atoms with E-state index >= 15 is 0 Å². The van der Waals surface area contributed by atoms with E-state index in [0.29, 0.717) is 6.10 Å². The number of hydrogen-bond donors (Lipinski definition) is 0. The highest BCUT2D eigenvalue weighted by Gasteiger charge is 2.30. The standard InChI is InChI=1S/C17H26N2O2S/c1-13-12-22-17(18-13)15-9-5-6-10-19(15)16(20)11-21-14-7-3-2-4-8-14/h12,14-15H,2-11H2,1H3/t15-/m1/s1. The third-order valence-electron chi connectivity index (χ3n) is 4.74. The second-order valence-corrected chi connectivity index (χ2v) is 7.39. The first kappa shape index (κ1) is 15.9. The molecule has 1 saturated heterocycles. The Kier molecular flexibility index (Phi) is 5.47. The van der Waals surface area contributed by atoms with Crippen molar-refractivity contribution in [2.24, 2.45) is 0 Å². The fraction of sp³-hybridized carbons (Fsp3) is 0.765. The summed E-state index contributed by atoms with van der Waals surface area (Å²) in [4.78, 5) is 19.2. The van der Waals surface area contributed by atoms with Crippen molar-refractivity contribution in [3.63, 3.8) is 0 Å². The van der Waals surface area contributed by atoms with Crippen molar-refractivity contribution in [1.82, 2.24) is 9.88 Å². The Balaban J connectivity index is 1.58. The Morgan fingerprint density at radius 3 is 2.77 bits per heavy atom. The summed E-state index contributed by atoms with van der Waals surface area (Å²) >= 11 is 1.68. The Labute approximate surface area is 136 Å². The van der Waals surface area contributed by atoms with Crippen LogP contribution >= 0.6 is 11.3 Å². The number of thiazole rings is 1. The van der Waals surface area contributed by atoms with E-state index in [-0.39, 0.29) is 18.6 Å². The summed E-state index contributed by atoms with van der Waals surface area (Å²) in [5.41, 5.74) is 1.05. The van der Waals surface area contributed by atoms with Crippen LogP contribution in [0, 0.1) is 6.92 Å². The smallest absolute Gasteiger partial charge is 0.249 e. The van der Waals surface area contributed by atoms with Crippen LogP contribution < -0.4 is 0 Å². The second-order valence-electron chi connectivity index (χ2n) is 6.50. The summed E-state index contributed by atoms with van der Waals surface area (Å²) in [6.07, 6.45) is 9.61. The molecule has 2 heterocycles. The van der Waals surface area contributed by atoms with E-state index in [2.05, 4.69) is 10.4 Å². The molecule has 1 aliphatic carbocycles. The molecule has 1 aromatic rings. The molecule has 2 aliphatic rings. The summed E-state index contributed by atoms with van der Waals surface area (Å²) in [5, 5.41) is 3.16. The fourth-order valence-electron chi connectivity index (χ4n) is 3.52. The minimum atomic E-state index is 0.142. The van der Waals surface area contributed by atoms with Crippen molar-refractivity contribution in [2.75, 3.05) is 13.2 Å². The molecule has 5 heteroatoms. The maximum absolute atomic E-state index is 12.6. The lowest BCUT2D eigenvalue weighted by atomic mass is 9.98. The second kappa shape index (κ2) is 7.55. The number of hydrogen-bond acceptors (Lipinski definition) is 4. The van der Waals surface area contributed by atoms with Crippen molar-refractivity contribution in [3.05, 3.63) is 16.1 Å². The van der Waals surface area contributed by atoms with Crippen molar-refractivity contribution >= 4 is 17.2 Å². The molecule has 1 aromatic heterocycles. The van der Waals surface area contributed by atoms with Crippen LogP contribution in [0.5, 0.6) is 0 Å². The van der Waals surface area contributed by atoms with Crippen LogP contribution in [0.25, 0.3) is 0 Å². The van der Waals surface area contributed by atoms with Gasteiger partial charge in [0.25, 0.3) is 0 Å². The number of aryl methyl sites for hydroxylation is 1. The van der Waals surface area contributed by atoms with Crippen LogP contribution in [0.2, 0.25) is 0 Å². The molecule has 0 radical (unpaired) electrons. The summed E-state index contributed by atoms with van der Waals surface area (Å²) in [5.74, 6) is 0.142. The Hall–Kier alpha value is -0.940. The highest BCUT2D eigenvalue weighted by Crippen LogP contribution is 2.33. The zero-order valence-electron chi connectivity index (χ0n) is 13.4. The number of piperidine rings is 1. The first-order valence-corrected chi connectivity index (χ1v) is 9.45.